The molecular formula is C19H23NO4S. The third-order valence-electron chi connectivity index (χ3n) is 4.14. The van der Waals surface area contributed by atoms with Crippen molar-refractivity contribution < 1.29 is 18.5 Å². The molecule has 2 rings (SSSR count). The molecule has 0 aliphatic rings. The maximum atomic E-state index is 12.4. The number of hydrogen-bond donors (Lipinski definition) is 0. The Morgan fingerprint density at radius 2 is 1.80 bits per heavy atom. The summed E-state index contributed by atoms with van der Waals surface area (Å²) < 4.78 is 19.3. The fourth-order valence-electron chi connectivity index (χ4n) is 2.85. The molecule has 0 N–H and O–H groups in total. The minimum atomic E-state index is -1.27. The third kappa shape index (κ3) is 4.07. The average Bonchev–Trinajstić information content (AvgIpc) is 2.92. The molecule has 1 aromatic carbocycles. The van der Waals surface area contributed by atoms with Crippen LogP contribution in [-0.4, -0.2) is 32.9 Å². The summed E-state index contributed by atoms with van der Waals surface area (Å²) in [6, 6.07) is 8.44. The van der Waals surface area contributed by atoms with E-state index in [1.807, 2.05) is 31.4 Å². The number of carbonyl (C=O) groups excluding carboxylic acids is 2. The van der Waals surface area contributed by atoms with Gasteiger partial charge in [0.05, 0.1) is 21.3 Å². The number of esters is 1. The van der Waals surface area contributed by atoms with Crippen LogP contribution in [0.1, 0.15) is 46.0 Å². The summed E-state index contributed by atoms with van der Waals surface area (Å²) in [6.07, 6.45) is 0. The van der Waals surface area contributed by atoms with Crippen molar-refractivity contribution in [1.29, 1.82) is 0 Å². The van der Waals surface area contributed by atoms with Crippen LogP contribution >= 0.6 is 0 Å². The molecule has 6 heteroatoms. The first-order chi connectivity index (χ1) is 11.9. The quantitative estimate of drug-likeness (QED) is 0.561. The van der Waals surface area contributed by atoms with Crippen molar-refractivity contribution >= 4 is 22.6 Å². The molecule has 1 atom stereocenters. The number of hydrogen-bond acceptors (Lipinski definition) is 4. The van der Waals surface area contributed by atoms with Crippen LogP contribution in [0.25, 0.3) is 0 Å². The van der Waals surface area contributed by atoms with Crippen LogP contribution in [0.5, 0.6) is 0 Å². The topological polar surface area (TPSA) is 65.4 Å². The number of Topliss-reactive ketones (excluding diaryl/α,β-unsaturated/α-hetero) is 1. The lowest BCUT2D eigenvalue weighted by atomic mass is 10.1. The molecule has 0 saturated carbocycles. The minimum Gasteiger partial charge on any atom is -0.454 e. The van der Waals surface area contributed by atoms with Crippen LogP contribution < -0.4 is 0 Å². The molecule has 2 aromatic rings. The van der Waals surface area contributed by atoms with Gasteiger partial charge in [0.25, 0.3) is 0 Å². The Balaban J connectivity index is 2.13. The SMILES string of the molecule is CCn1c(C)cc(C(=O)COC(=O)c2ccccc2[S@](=O)CC)c1C. The standard InChI is InChI=1S/C19H23NO4S/c1-5-20-13(3)11-16(14(20)4)17(21)12-24-19(22)15-9-7-8-10-18(15)25(23)6-2/h7-11H,5-6,12H2,1-4H3/t25-/m1/s1. The number of carbonyl (C=O) groups is 2. The fraction of sp³-hybridized carbons (Fsp3) is 0.368. The molecular weight excluding hydrogens is 338 g/mol. The lowest BCUT2D eigenvalue weighted by Gasteiger charge is -2.09. The molecule has 0 unspecified atom stereocenters. The van der Waals surface area contributed by atoms with Gasteiger partial charge in [-0.25, -0.2) is 4.79 Å². The molecule has 0 aliphatic heterocycles. The van der Waals surface area contributed by atoms with Crippen LogP contribution in [0.3, 0.4) is 0 Å². The van der Waals surface area contributed by atoms with Gasteiger partial charge in [-0.15, -0.1) is 0 Å². The fourth-order valence-corrected chi connectivity index (χ4v) is 3.78. The molecule has 25 heavy (non-hydrogen) atoms. The van der Waals surface area contributed by atoms with Crippen molar-refractivity contribution in [1.82, 2.24) is 4.57 Å². The summed E-state index contributed by atoms with van der Waals surface area (Å²) in [5.74, 6) is -0.461. The van der Waals surface area contributed by atoms with Crippen LogP contribution in [-0.2, 0) is 22.1 Å². The van der Waals surface area contributed by atoms with Crippen molar-refractivity contribution in [3.63, 3.8) is 0 Å². The third-order valence-corrected chi connectivity index (χ3v) is 5.51. The van der Waals surface area contributed by atoms with E-state index in [-0.39, 0.29) is 18.0 Å². The molecule has 0 radical (unpaired) electrons. The number of ketones is 1. The first kappa shape index (κ1) is 19.1. The Bertz CT molecular complexity index is 823. The second kappa shape index (κ2) is 8.25. The lowest BCUT2D eigenvalue weighted by molar-refractivity contribution is 0.0471. The molecule has 0 saturated heterocycles. The van der Waals surface area contributed by atoms with Crippen molar-refractivity contribution in [2.75, 3.05) is 12.4 Å². The van der Waals surface area contributed by atoms with E-state index >= 15 is 0 Å². The molecule has 134 valence electrons. The highest BCUT2D eigenvalue weighted by Crippen LogP contribution is 2.17. The van der Waals surface area contributed by atoms with Crippen LogP contribution in [0.15, 0.2) is 35.2 Å². The molecule has 1 aromatic heterocycles. The molecule has 0 spiro atoms. The summed E-state index contributed by atoms with van der Waals surface area (Å²) in [5, 5.41) is 0. The zero-order valence-corrected chi connectivity index (χ0v) is 15.8. The zero-order valence-electron chi connectivity index (χ0n) is 15.0. The number of benzene rings is 1. The van der Waals surface area contributed by atoms with Gasteiger partial charge in [0.1, 0.15) is 0 Å². The van der Waals surface area contributed by atoms with Gasteiger partial charge in [0, 0.05) is 29.2 Å². The lowest BCUT2D eigenvalue weighted by Crippen LogP contribution is -2.16. The Kier molecular flexibility index (Phi) is 6.31. The molecule has 1 heterocycles. The van der Waals surface area contributed by atoms with E-state index in [2.05, 4.69) is 0 Å². The van der Waals surface area contributed by atoms with Gasteiger partial charge in [-0.1, -0.05) is 19.1 Å². The zero-order chi connectivity index (χ0) is 18.6. The van der Waals surface area contributed by atoms with Gasteiger partial charge in [0.2, 0.25) is 5.78 Å². The van der Waals surface area contributed by atoms with E-state index in [1.165, 1.54) is 0 Å². The van der Waals surface area contributed by atoms with E-state index in [9.17, 15) is 13.8 Å². The Hall–Kier alpha value is -2.21. The van der Waals surface area contributed by atoms with E-state index in [4.69, 9.17) is 4.74 Å². The van der Waals surface area contributed by atoms with Crippen LogP contribution in [0, 0.1) is 13.8 Å². The van der Waals surface area contributed by atoms with Crippen molar-refractivity contribution in [2.45, 2.75) is 39.1 Å². The molecule has 5 nitrogen and oxygen atoms in total. The van der Waals surface area contributed by atoms with Gasteiger partial charge in [0.15, 0.2) is 6.61 Å². The number of ether oxygens (including phenoxy) is 1. The predicted octanol–water partition coefficient (Wildman–Crippen LogP) is 3.29. The average molecular weight is 361 g/mol. The maximum absolute atomic E-state index is 12.4. The van der Waals surface area contributed by atoms with Crippen LogP contribution in [0.2, 0.25) is 0 Å². The second-order valence-electron chi connectivity index (χ2n) is 5.66. The number of rotatable bonds is 7. The van der Waals surface area contributed by atoms with Crippen molar-refractivity contribution in [2.24, 2.45) is 0 Å². The van der Waals surface area contributed by atoms with Gasteiger partial charge >= 0.3 is 5.97 Å². The maximum Gasteiger partial charge on any atom is 0.339 e. The second-order valence-corrected chi connectivity index (χ2v) is 7.37. The van der Waals surface area contributed by atoms with Crippen molar-refractivity contribution in [3.8, 4) is 0 Å². The van der Waals surface area contributed by atoms with Gasteiger partial charge in [-0.2, -0.15) is 0 Å². The van der Waals surface area contributed by atoms with Gasteiger partial charge in [-0.05, 0) is 39.0 Å². The first-order valence-corrected chi connectivity index (χ1v) is 9.57. The summed E-state index contributed by atoms with van der Waals surface area (Å²) in [6.45, 7) is 8.06. The van der Waals surface area contributed by atoms with Crippen molar-refractivity contribution in [3.05, 3.63) is 52.8 Å². The molecule has 0 bridgehead atoms. The number of aromatic nitrogens is 1. The number of nitrogens with zero attached hydrogens (tertiary/aromatic N) is 1. The van der Waals surface area contributed by atoms with E-state index in [0.29, 0.717) is 16.2 Å². The largest absolute Gasteiger partial charge is 0.454 e. The smallest absolute Gasteiger partial charge is 0.339 e. The van der Waals surface area contributed by atoms with Crippen LogP contribution in [0.4, 0.5) is 0 Å². The normalized spacial score (nSPS) is 12.0. The van der Waals surface area contributed by atoms with Gasteiger partial charge < -0.3 is 9.30 Å². The summed E-state index contributed by atoms with van der Waals surface area (Å²) in [5.41, 5.74) is 2.68. The first-order valence-electron chi connectivity index (χ1n) is 8.25. The minimum absolute atomic E-state index is 0.241. The summed E-state index contributed by atoms with van der Waals surface area (Å²) >= 11 is 0. The molecule has 0 amide bonds. The van der Waals surface area contributed by atoms with E-state index < -0.39 is 16.8 Å². The molecule has 0 fully saturated rings. The highest BCUT2D eigenvalue weighted by Gasteiger charge is 2.20. The van der Waals surface area contributed by atoms with E-state index in [0.717, 1.165) is 17.9 Å². The van der Waals surface area contributed by atoms with E-state index in [1.54, 1.807) is 31.2 Å². The predicted molar refractivity (Wildman–Crippen MR) is 97.6 cm³/mol. The summed E-state index contributed by atoms with van der Waals surface area (Å²) in [7, 11) is -1.27. The monoisotopic (exact) mass is 361 g/mol. The Morgan fingerprint density at radius 1 is 1.12 bits per heavy atom. The number of aryl methyl sites for hydroxylation is 1. The highest BCUT2D eigenvalue weighted by molar-refractivity contribution is 7.85. The summed E-state index contributed by atoms with van der Waals surface area (Å²) in [4.78, 5) is 25.2. The Morgan fingerprint density at radius 3 is 2.40 bits per heavy atom. The van der Waals surface area contributed by atoms with Gasteiger partial charge in [-0.3, -0.25) is 9.00 Å². The molecule has 0 aliphatic carbocycles. The highest BCUT2D eigenvalue weighted by atomic mass is 32.2. The Labute approximate surface area is 150 Å².